The number of nitrogens with zero attached hydrogens (tertiary/aromatic N) is 1. The van der Waals surface area contributed by atoms with E-state index in [0.29, 0.717) is 6.54 Å². The number of Topliss-reactive ketones (excluding diaryl/α,β-unsaturated/α-hetero) is 1. The van der Waals surface area contributed by atoms with Gasteiger partial charge in [-0.2, -0.15) is 4.57 Å². The molecule has 1 aromatic heterocycles. The molecule has 3 rings (SSSR count). The Bertz CT molecular complexity index is 770. The number of rotatable bonds is 4. The number of aryl methyl sites for hydroxylation is 1. The molecule has 0 amide bonds. The van der Waals surface area contributed by atoms with E-state index in [1.807, 2.05) is 59.3 Å². The lowest BCUT2D eigenvalue weighted by Gasteiger charge is -2.02. The van der Waals surface area contributed by atoms with Crippen LogP contribution in [-0.2, 0) is 13.0 Å². The fraction of sp³-hybridized carbons (Fsp3) is 0.158. The van der Waals surface area contributed by atoms with Gasteiger partial charge in [0, 0.05) is 23.1 Å². The third-order valence-corrected chi connectivity index (χ3v) is 3.79. The zero-order valence-corrected chi connectivity index (χ0v) is 12.1. The van der Waals surface area contributed by atoms with Crippen molar-refractivity contribution in [2.24, 2.45) is 0 Å². The Labute approximate surface area is 124 Å². The molecule has 0 aliphatic carbocycles. The second-order valence-corrected chi connectivity index (χ2v) is 5.17. The monoisotopic (exact) mass is 276 g/mol. The maximum atomic E-state index is 12.4. The molecular formula is C19H18NO+. The average Bonchev–Trinajstić information content (AvgIpc) is 2.55. The van der Waals surface area contributed by atoms with Gasteiger partial charge < -0.3 is 0 Å². The molecule has 0 saturated carbocycles. The highest BCUT2D eigenvalue weighted by atomic mass is 16.1. The molecule has 2 aromatic carbocycles. The number of hydrogen-bond donors (Lipinski definition) is 0. The molecular weight excluding hydrogens is 258 g/mol. The number of para-hydroxylation sites is 1. The van der Waals surface area contributed by atoms with Crippen molar-refractivity contribution in [3.8, 4) is 0 Å². The largest absolute Gasteiger partial charge is 0.287 e. The van der Waals surface area contributed by atoms with Gasteiger partial charge >= 0.3 is 0 Å². The minimum Gasteiger partial charge on any atom is -0.287 e. The first-order valence-corrected chi connectivity index (χ1v) is 7.27. The molecule has 0 fully saturated rings. The topological polar surface area (TPSA) is 20.9 Å². The van der Waals surface area contributed by atoms with E-state index in [4.69, 9.17) is 0 Å². The van der Waals surface area contributed by atoms with E-state index in [1.165, 1.54) is 5.56 Å². The molecule has 21 heavy (non-hydrogen) atoms. The minimum absolute atomic E-state index is 0.138. The van der Waals surface area contributed by atoms with Crippen molar-refractivity contribution in [3.05, 3.63) is 78.0 Å². The number of hydrogen-bond acceptors (Lipinski definition) is 1. The zero-order chi connectivity index (χ0) is 14.7. The summed E-state index contributed by atoms with van der Waals surface area (Å²) >= 11 is 0. The van der Waals surface area contributed by atoms with Crippen molar-refractivity contribution < 1.29 is 9.36 Å². The highest BCUT2D eigenvalue weighted by Gasteiger charge is 2.14. The zero-order valence-electron chi connectivity index (χ0n) is 12.1. The molecule has 0 N–H and O–H groups in total. The Morgan fingerprint density at radius 3 is 2.43 bits per heavy atom. The number of pyridine rings is 1. The van der Waals surface area contributed by atoms with Crippen molar-refractivity contribution in [2.75, 3.05) is 0 Å². The molecule has 0 aliphatic rings. The SMILES string of the molecule is CCc1ccc(C(=O)C[n+]2cccc3ccccc32)cc1. The molecule has 0 bridgehead atoms. The summed E-state index contributed by atoms with van der Waals surface area (Å²) in [7, 11) is 0. The Kier molecular flexibility index (Phi) is 3.78. The molecule has 2 nitrogen and oxygen atoms in total. The Morgan fingerprint density at radius 2 is 1.67 bits per heavy atom. The number of carbonyl (C=O) groups is 1. The van der Waals surface area contributed by atoms with Gasteiger partial charge in [-0.25, -0.2) is 0 Å². The molecule has 104 valence electrons. The summed E-state index contributed by atoms with van der Waals surface area (Å²) in [4.78, 5) is 12.4. The first-order valence-electron chi connectivity index (χ1n) is 7.27. The summed E-state index contributed by atoms with van der Waals surface area (Å²) in [6.45, 7) is 2.48. The van der Waals surface area contributed by atoms with E-state index in [0.717, 1.165) is 22.9 Å². The van der Waals surface area contributed by atoms with Gasteiger partial charge in [0.1, 0.15) is 0 Å². The van der Waals surface area contributed by atoms with Crippen molar-refractivity contribution in [1.82, 2.24) is 0 Å². The lowest BCUT2D eigenvalue weighted by molar-refractivity contribution is -0.657. The second kappa shape index (κ2) is 5.88. The molecule has 3 aromatic rings. The summed E-state index contributed by atoms with van der Waals surface area (Å²) in [5.74, 6) is 0.138. The molecule has 0 atom stereocenters. The number of benzene rings is 2. The predicted octanol–water partition coefficient (Wildman–Crippen LogP) is 3.57. The fourth-order valence-corrected chi connectivity index (χ4v) is 2.53. The average molecular weight is 276 g/mol. The number of fused-ring (bicyclic) bond motifs is 1. The standard InChI is InChI=1S/C19H18NO/c1-2-15-9-11-17(12-10-15)19(21)14-20-13-5-7-16-6-3-4-8-18(16)20/h3-13H,2,14H2,1H3/q+1. The maximum Gasteiger partial charge on any atom is 0.227 e. The smallest absolute Gasteiger partial charge is 0.227 e. The summed E-state index contributed by atoms with van der Waals surface area (Å²) in [5, 5.41) is 1.15. The summed E-state index contributed by atoms with van der Waals surface area (Å²) < 4.78 is 2.01. The predicted molar refractivity (Wildman–Crippen MR) is 84.3 cm³/mol. The van der Waals surface area contributed by atoms with Crippen LogP contribution in [0.5, 0.6) is 0 Å². The van der Waals surface area contributed by atoms with E-state index in [9.17, 15) is 4.79 Å². The van der Waals surface area contributed by atoms with Gasteiger partial charge in [-0.15, -0.1) is 0 Å². The van der Waals surface area contributed by atoms with Crippen molar-refractivity contribution in [3.63, 3.8) is 0 Å². The van der Waals surface area contributed by atoms with Crippen molar-refractivity contribution in [1.29, 1.82) is 0 Å². The van der Waals surface area contributed by atoms with Crippen LogP contribution in [0.3, 0.4) is 0 Å². The maximum absolute atomic E-state index is 12.4. The highest BCUT2D eigenvalue weighted by Crippen LogP contribution is 2.09. The first kappa shape index (κ1) is 13.5. The van der Waals surface area contributed by atoms with Crippen molar-refractivity contribution >= 4 is 16.7 Å². The Morgan fingerprint density at radius 1 is 0.952 bits per heavy atom. The van der Waals surface area contributed by atoms with E-state index in [-0.39, 0.29) is 5.78 Å². The molecule has 0 radical (unpaired) electrons. The van der Waals surface area contributed by atoms with E-state index < -0.39 is 0 Å². The molecule has 0 aliphatic heterocycles. The van der Waals surface area contributed by atoms with Crippen LogP contribution in [0.25, 0.3) is 10.9 Å². The van der Waals surface area contributed by atoms with Crippen LogP contribution in [0.2, 0.25) is 0 Å². The summed E-state index contributed by atoms with van der Waals surface area (Å²) in [5.41, 5.74) is 3.11. The number of carbonyl (C=O) groups excluding carboxylic acids is 1. The van der Waals surface area contributed by atoms with Crippen LogP contribution in [0, 0.1) is 0 Å². The molecule has 0 unspecified atom stereocenters. The normalized spacial score (nSPS) is 10.7. The molecule has 1 heterocycles. The third-order valence-electron chi connectivity index (χ3n) is 3.79. The van der Waals surface area contributed by atoms with E-state index in [1.54, 1.807) is 0 Å². The second-order valence-electron chi connectivity index (χ2n) is 5.17. The quantitative estimate of drug-likeness (QED) is 0.527. The minimum atomic E-state index is 0.138. The Balaban J connectivity index is 1.89. The van der Waals surface area contributed by atoms with Gasteiger partial charge in [-0.3, -0.25) is 4.79 Å². The number of ketones is 1. The van der Waals surface area contributed by atoms with E-state index in [2.05, 4.69) is 19.1 Å². The van der Waals surface area contributed by atoms with Crippen LogP contribution in [0.4, 0.5) is 0 Å². The third kappa shape index (κ3) is 2.84. The molecule has 0 spiro atoms. The van der Waals surface area contributed by atoms with Crippen LogP contribution >= 0.6 is 0 Å². The van der Waals surface area contributed by atoms with Gasteiger partial charge in [0.25, 0.3) is 0 Å². The highest BCUT2D eigenvalue weighted by molar-refractivity contribution is 5.95. The van der Waals surface area contributed by atoms with Crippen LogP contribution < -0.4 is 4.57 Å². The summed E-state index contributed by atoms with van der Waals surface area (Å²) in [6.07, 6.45) is 2.95. The van der Waals surface area contributed by atoms with Crippen LogP contribution in [0.1, 0.15) is 22.8 Å². The lowest BCUT2D eigenvalue weighted by Crippen LogP contribution is -2.38. The Hall–Kier alpha value is -2.48. The first-order chi connectivity index (χ1) is 10.3. The molecule has 0 saturated heterocycles. The molecule has 2 heteroatoms. The van der Waals surface area contributed by atoms with Crippen LogP contribution in [0.15, 0.2) is 66.9 Å². The van der Waals surface area contributed by atoms with Gasteiger partial charge in [-0.05, 0) is 24.1 Å². The lowest BCUT2D eigenvalue weighted by atomic mass is 10.1. The van der Waals surface area contributed by atoms with Crippen LogP contribution in [-0.4, -0.2) is 5.78 Å². The van der Waals surface area contributed by atoms with Gasteiger partial charge in [0.05, 0.1) is 0 Å². The summed E-state index contributed by atoms with van der Waals surface area (Å²) in [6, 6.07) is 20.1. The number of aromatic nitrogens is 1. The fourth-order valence-electron chi connectivity index (χ4n) is 2.53. The van der Waals surface area contributed by atoms with E-state index >= 15 is 0 Å². The van der Waals surface area contributed by atoms with Gasteiger partial charge in [-0.1, -0.05) is 43.3 Å². The van der Waals surface area contributed by atoms with Gasteiger partial charge in [0.2, 0.25) is 17.8 Å². The van der Waals surface area contributed by atoms with Crippen molar-refractivity contribution in [2.45, 2.75) is 19.9 Å². The van der Waals surface area contributed by atoms with Gasteiger partial charge in [0.15, 0.2) is 6.20 Å².